The predicted molar refractivity (Wildman–Crippen MR) is 74.4 cm³/mol. The van der Waals surface area contributed by atoms with Crippen LogP contribution < -0.4 is 0 Å². The van der Waals surface area contributed by atoms with E-state index in [-0.39, 0.29) is 12.2 Å². The molecule has 0 aliphatic carbocycles. The van der Waals surface area contributed by atoms with Gasteiger partial charge in [0.1, 0.15) is 5.82 Å². The standard InChI is InChI=1S/C14H11N3OS/c1-9-15-7-6-10(16-9)8-12(18)14-17-11-4-2-3-5-13(11)19-14/h2-7H,8H2,1H3. The molecule has 0 aliphatic rings. The van der Waals surface area contributed by atoms with Crippen LogP contribution >= 0.6 is 11.3 Å². The van der Waals surface area contributed by atoms with Gasteiger partial charge in [-0.3, -0.25) is 4.79 Å². The number of hydrogen-bond donors (Lipinski definition) is 0. The van der Waals surface area contributed by atoms with Gasteiger partial charge in [0.15, 0.2) is 10.8 Å². The molecule has 0 aliphatic heterocycles. The summed E-state index contributed by atoms with van der Waals surface area (Å²) in [7, 11) is 0. The lowest BCUT2D eigenvalue weighted by Gasteiger charge is -1.98. The quantitative estimate of drug-likeness (QED) is 0.686. The third-order valence-electron chi connectivity index (χ3n) is 2.71. The molecule has 2 aromatic heterocycles. The number of benzene rings is 1. The van der Waals surface area contributed by atoms with E-state index in [0.29, 0.717) is 10.8 Å². The van der Waals surface area contributed by atoms with Crippen LogP contribution in [-0.4, -0.2) is 20.7 Å². The van der Waals surface area contributed by atoms with Crippen LogP contribution in [0.2, 0.25) is 0 Å². The van der Waals surface area contributed by atoms with E-state index in [2.05, 4.69) is 15.0 Å². The van der Waals surface area contributed by atoms with Crippen LogP contribution in [0.5, 0.6) is 0 Å². The lowest BCUT2D eigenvalue weighted by Crippen LogP contribution is -2.05. The summed E-state index contributed by atoms with van der Waals surface area (Å²) < 4.78 is 1.03. The highest BCUT2D eigenvalue weighted by Crippen LogP contribution is 2.22. The Balaban J connectivity index is 1.87. The number of thiazole rings is 1. The summed E-state index contributed by atoms with van der Waals surface area (Å²) in [4.78, 5) is 24.8. The van der Waals surface area contributed by atoms with Crippen molar-refractivity contribution in [3.05, 3.63) is 53.1 Å². The number of aryl methyl sites for hydroxylation is 1. The van der Waals surface area contributed by atoms with Gasteiger partial charge in [0, 0.05) is 6.20 Å². The molecule has 94 valence electrons. The molecule has 0 saturated heterocycles. The summed E-state index contributed by atoms with van der Waals surface area (Å²) in [6.45, 7) is 1.81. The number of hydrogen-bond acceptors (Lipinski definition) is 5. The van der Waals surface area contributed by atoms with Crippen molar-refractivity contribution in [2.75, 3.05) is 0 Å². The monoisotopic (exact) mass is 269 g/mol. The number of nitrogens with zero attached hydrogens (tertiary/aromatic N) is 3. The van der Waals surface area contributed by atoms with E-state index in [1.54, 1.807) is 12.3 Å². The van der Waals surface area contributed by atoms with Gasteiger partial charge < -0.3 is 0 Å². The molecule has 0 atom stereocenters. The molecule has 0 radical (unpaired) electrons. The molecule has 0 unspecified atom stereocenters. The first-order chi connectivity index (χ1) is 9.22. The second kappa shape index (κ2) is 4.85. The van der Waals surface area contributed by atoms with Crippen LogP contribution in [0.3, 0.4) is 0 Å². The van der Waals surface area contributed by atoms with Gasteiger partial charge in [0.05, 0.1) is 22.3 Å². The maximum atomic E-state index is 12.2. The summed E-state index contributed by atoms with van der Waals surface area (Å²) >= 11 is 1.42. The van der Waals surface area contributed by atoms with E-state index in [1.807, 2.05) is 31.2 Å². The van der Waals surface area contributed by atoms with Gasteiger partial charge in [-0.1, -0.05) is 12.1 Å². The Morgan fingerprint density at radius 1 is 1.21 bits per heavy atom. The highest BCUT2D eigenvalue weighted by atomic mass is 32.1. The van der Waals surface area contributed by atoms with Crippen LogP contribution in [0.4, 0.5) is 0 Å². The number of ketones is 1. The Labute approximate surface area is 114 Å². The Morgan fingerprint density at radius 2 is 2.05 bits per heavy atom. The third kappa shape index (κ3) is 2.51. The van der Waals surface area contributed by atoms with Gasteiger partial charge in [0.25, 0.3) is 0 Å². The van der Waals surface area contributed by atoms with Crippen LogP contribution in [0.1, 0.15) is 21.3 Å². The Morgan fingerprint density at radius 3 is 2.84 bits per heavy atom. The molecular formula is C14H11N3OS. The first kappa shape index (κ1) is 11.9. The van der Waals surface area contributed by atoms with Crippen LogP contribution in [0.25, 0.3) is 10.2 Å². The smallest absolute Gasteiger partial charge is 0.197 e. The van der Waals surface area contributed by atoms with Crippen LogP contribution in [0, 0.1) is 6.92 Å². The van der Waals surface area contributed by atoms with E-state index >= 15 is 0 Å². The minimum Gasteiger partial charge on any atom is -0.291 e. The molecule has 0 amide bonds. The maximum absolute atomic E-state index is 12.2. The molecule has 4 nitrogen and oxygen atoms in total. The van der Waals surface area contributed by atoms with E-state index in [9.17, 15) is 4.79 Å². The minimum atomic E-state index is -0.000648. The SMILES string of the molecule is Cc1nccc(CC(=O)c2nc3ccccc3s2)n1. The third-order valence-corrected chi connectivity index (χ3v) is 3.79. The van der Waals surface area contributed by atoms with Gasteiger partial charge in [-0.15, -0.1) is 11.3 Å². The highest BCUT2D eigenvalue weighted by molar-refractivity contribution is 7.20. The average molecular weight is 269 g/mol. The lowest BCUT2D eigenvalue weighted by atomic mass is 10.2. The van der Waals surface area contributed by atoms with Gasteiger partial charge in [-0.25, -0.2) is 15.0 Å². The van der Waals surface area contributed by atoms with Gasteiger partial charge in [0.2, 0.25) is 0 Å². The van der Waals surface area contributed by atoms with Crippen molar-refractivity contribution < 1.29 is 4.79 Å². The number of Topliss-reactive ketones (excluding diaryl/α,β-unsaturated/α-hetero) is 1. The molecular weight excluding hydrogens is 258 g/mol. The first-order valence-electron chi connectivity index (χ1n) is 5.90. The van der Waals surface area contributed by atoms with E-state index in [4.69, 9.17) is 0 Å². The van der Waals surface area contributed by atoms with Crippen molar-refractivity contribution in [2.24, 2.45) is 0 Å². The number of aromatic nitrogens is 3. The van der Waals surface area contributed by atoms with Gasteiger partial charge in [-0.05, 0) is 25.1 Å². The number of para-hydroxylation sites is 1. The van der Waals surface area contributed by atoms with Crippen molar-refractivity contribution in [2.45, 2.75) is 13.3 Å². The number of carbonyl (C=O) groups excluding carboxylic acids is 1. The topological polar surface area (TPSA) is 55.7 Å². The molecule has 0 spiro atoms. The number of fused-ring (bicyclic) bond motifs is 1. The van der Waals surface area contributed by atoms with Crippen molar-refractivity contribution in [3.8, 4) is 0 Å². The second-order valence-corrected chi connectivity index (χ2v) is 5.21. The van der Waals surface area contributed by atoms with E-state index in [0.717, 1.165) is 15.9 Å². The van der Waals surface area contributed by atoms with Gasteiger partial charge >= 0.3 is 0 Å². The average Bonchev–Trinajstić information content (AvgIpc) is 2.82. The summed E-state index contributed by atoms with van der Waals surface area (Å²) in [6, 6.07) is 9.51. The second-order valence-electron chi connectivity index (χ2n) is 4.18. The molecule has 0 saturated carbocycles. The van der Waals surface area contributed by atoms with E-state index < -0.39 is 0 Å². The zero-order chi connectivity index (χ0) is 13.2. The van der Waals surface area contributed by atoms with Gasteiger partial charge in [-0.2, -0.15) is 0 Å². The highest BCUT2D eigenvalue weighted by Gasteiger charge is 2.13. The molecule has 19 heavy (non-hydrogen) atoms. The fraction of sp³-hybridized carbons (Fsp3) is 0.143. The van der Waals surface area contributed by atoms with Crippen molar-refractivity contribution >= 4 is 27.3 Å². The molecule has 0 fully saturated rings. The summed E-state index contributed by atoms with van der Waals surface area (Å²) in [5, 5.41) is 0.539. The van der Waals surface area contributed by atoms with Crippen molar-refractivity contribution in [1.82, 2.24) is 15.0 Å². The van der Waals surface area contributed by atoms with Crippen LogP contribution in [-0.2, 0) is 6.42 Å². The zero-order valence-electron chi connectivity index (χ0n) is 10.3. The van der Waals surface area contributed by atoms with E-state index in [1.165, 1.54) is 11.3 Å². The molecule has 3 rings (SSSR count). The predicted octanol–water partition coefficient (Wildman–Crippen LogP) is 2.82. The Hall–Kier alpha value is -2.14. The number of rotatable bonds is 3. The molecule has 2 heterocycles. The zero-order valence-corrected chi connectivity index (χ0v) is 11.1. The normalized spacial score (nSPS) is 10.8. The summed E-state index contributed by atoms with van der Waals surface area (Å²) in [5.74, 6) is 0.675. The molecule has 3 aromatic rings. The van der Waals surface area contributed by atoms with Crippen molar-refractivity contribution in [3.63, 3.8) is 0 Å². The molecule has 0 bridgehead atoms. The summed E-state index contributed by atoms with van der Waals surface area (Å²) in [6.07, 6.45) is 1.94. The van der Waals surface area contributed by atoms with Crippen LogP contribution in [0.15, 0.2) is 36.5 Å². The maximum Gasteiger partial charge on any atom is 0.197 e. The number of carbonyl (C=O) groups is 1. The largest absolute Gasteiger partial charge is 0.291 e. The fourth-order valence-electron chi connectivity index (χ4n) is 1.84. The molecule has 5 heteroatoms. The Bertz CT molecular complexity index is 718. The minimum absolute atomic E-state index is 0.000648. The first-order valence-corrected chi connectivity index (χ1v) is 6.71. The molecule has 0 N–H and O–H groups in total. The Kier molecular flexibility index (Phi) is 3.05. The summed E-state index contributed by atoms with van der Waals surface area (Å²) in [5.41, 5.74) is 1.60. The fourth-order valence-corrected chi connectivity index (χ4v) is 2.74. The lowest BCUT2D eigenvalue weighted by molar-refractivity contribution is 0.0991. The molecule has 1 aromatic carbocycles. The van der Waals surface area contributed by atoms with Crippen molar-refractivity contribution in [1.29, 1.82) is 0 Å².